The van der Waals surface area contributed by atoms with Crippen LogP contribution in [-0.2, 0) is 0 Å². The number of anilines is 1. The van der Waals surface area contributed by atoms with Gasteiger partial charge in [0.2, 0.25) is 5.75 Å². The van der Waals surface area contributed by atoms with Crippen LogP contribution in [0.2, 0.25) is 0 Å². The molecule has 0 aliphatic heterocycles. The molecule has 0 spiro atoms. The van der Waals surface area contributed by atoms with Crippen molar-refractivity contribution in [3.05, 3.63) is 54.1 Å². The number of benzene rings is 2. The molecule has 2 aromatic carbocycles. The normalized spacial score (nSPS) is 9.78. The molecule has 5 nitrogen and oxygen atoms in total. The second kappa shape index (κ2) is 5.09. The van der Waals surface area contributed by atoms with Crippen LogP contribution in [0.4, 0.5) is 5.69 Å². The summed E-state index contributed by atoms with van der Waals surface area (Å²) in [6, 6.07) is 13.0. The second-order valence-corrected chi connectivity index (χ2v) is 3.51. The number of carboxylic acid groups (broad SMARTS) is 1. The topological polar surface area (TPSA) is 81.8 Å². The summed E-state index contributed by atoms with van der Waals surface area (Å²) in [7, 11) is 0. The van der Waals surface area contributed by atoms with Crippen molar-refractivity contribution in [3.8, 4) is 11.5 Å². The first-order valence-electron chi connectivity index (χ1n) is 5.20. The van der Waals surface area contributed by atoms with Crippen LogP contribution < -0.4 is 15.5 Å². The van der Waals surface area contributed by atoms with Gasteiger partial charge < -0.3 is 10.8 Å². The number of nitrogen functional groups attached to an aromatic ring is 1. The SMILES string of the molecule is Nc1ccccc1OOc1ccccc1C(=O)O. The number of nitrogens with two attached hydrogens (primary N) is 1. The van der Waals surface area contributed by atoms with Gasteiger partial charge in [-0.05, 0) is 24.3 Å². The molecule has 2 aromatic rings. The molecule has 0 aromatic heterocycles. The summed E-state index contributed by atoms with van der Waals surface area (Å²) in [6.45, 7) is 0. The van der Waals surface area contributed by atoms with Crippen LogP contribution in [0.25, 0.3) is 0 Å². The van der Waals surface area contributed by atoms with E-state index in [2.05, 4.69) is 0 Å². The van der Waals surface area contributed by atoms with Crippen molar-refractivity contribution >= 4 is 11.7 Å². The highest BCUT2D eigenvalue weighted by Gasteiger charge is 2.12. The maximum atomic E-state index is 10.9. The van der Waals surface area contributed by atoms with Crippen molar-refractivity contribution in [2.24, 2.45) is 0 Å². The highest BCUT2D eigenvalue weighted by molar-refractivity contribution is 5.90. The maximum absolute atomic E-state index is 10.9. The minimum atomic E-state index is -1.09. The Labute approximate surface area is 103 Å². The fourth-order valence-electron chi connectivity index (χ4n) is 1.36. The van der Waals surface area contributed by atoms with Crippen LogP contribution in [0, 0.1) is 0 Å². The van der Waals surface area contributed by atoms with Gasteiger partial charge in [-0.15, -0.1) is 0 Å². The van der Waals surface area contributed by atoms with Gasteiger partial charge in [-0.25, -0.2) is 4.79 Å². The zero-order chi connectivity index (χ0) is 13.0. The summed E-state index contributed by atoms with van der Waals surface area (Å²) in [5.74, 6) is -0.638. The highest BCUT2D eigenvalue weighted by Crippen LogP contribution is 2.23. The van der Waals surface area contributed by atoms with Crippen LogP contribution in [0.3, 0.4) is 0 Å². The molecule has 0 bridgehead atoms. The van der Waals surface area contributed by atoms with Gasteiger partial charge in [0.05, 0.1) is 5.69 Å². The van der Waals surface area contributed by atoms with Crippen molar-refractivity contribution in [2.75, 3.05) is 5.73 Å². The van der Waals surface area contributed by atoms with Gasteiger partial charge in [0.25, 0.3) is 0 Å². The van der Waals surface area contributed by atoms with Crippen molar-refractivity contribution < 1.29 is 19.7 Å². The van der Waals surface area contributed by atoms with Gasteiger partial charge in [-0.2, -0.15) is 0 Å². The molecule has 18 heavy (non-hydrogen) atoms. The van der Waals surface area contributed by atoms with Crippen LogP contribution in [0.5, 0.6) is 11.5 Å². The third-order valence-electron chi connectivity index (χ3n) is 2.26. The third kappa shape index (κ3) is 2.52. The quantitative estimate of drug-likeness (QED) is 0.491. The van der Waals surface area contributed by atoms with Crippen molar-refractivity contribution in [1.82, 2.24) is 0 Å². The predicted molar refractivity (Wildman–Crippen MR) is 65.5 cm³/mol. The second-order valence-electron chi connectivity index (χ2n) is 3.51. The van der Waals surface area contributed by atoms with Crippen LogP contribution in [-0.4, -0.2) is 11.1 Å². The molecule has 0 fully saturated rings. The molecule has 2 rings (SSSR count). The van der Waals surface area contributed by atoms with E-state index in [0.29, 0.717) is 11.4 Å². The molecular formula is C13H11NO4. The number of hydrogen-bond acceptors (Lipinski definition) is 4. The van der Waals surface area contributed by atoms with Crippen molar-refractivity contribution in [2.45, 2.75) is 0 Å². The lowest BCUT2D eigenvalue weighted by Crippen LogP contribution is -2.07. The minimum Gasteiger partial charge on any atom is -0.478 e. The minimum absolute atomic E-state index is 0.0204. The summed E-state index contributed by atoms with van der Waals surface area (Å²) in [5, 5.41) is 8.96. The van der Waals surface area contributed by atoms with E-state index in [1.54, 1.807) is 36.4 Å². The Kier molecular flexibility index (Phi) is 3.33. The van der Waals surface area contributed by atoms with Crippen LogP contribution in [0.15, 0.2) is 48.5 Å². The predicted octanol–water partition coefficient (Wildman–Crippen LogP) is 2.34. The summed E-state index contributed by atoms with van der Waals surface area (Å²) < 4.78 is 0. The van der Waals surface area contributed by atoms with Gasteiger partial charge in [-0.1, -0.05) is 24.3 Å². The zero-order valence-corrected chi connectivity index (χ0v) is 9.37. The van der Waals surface area contributed by atoms with Crippen LogP contribution in [0.1, 0.15) is 10.4 Å². The van der Waals surface area contributed by atoms with E-state index in [0.717, 1.165) is 0 Å². The number of rotatable bonds is 4. The van der Waals surface area contributed by atoms with E-state index >= 15 is 0 Å². The molecule has 0 saturated heterocycles. The molecular weight excluding hydrogens is 234 g/mol. The lowest BCUT2D eigenvalue weighted by molar-refractivity contribution is -0.0997. The lowest BCUT2D eigenvalue weighted by atomic mass is 10.2. The van der Waals surface area contributed by atoms with E-state index in [4.69, 9.17) is 20.6 Å². The molecule has 0 amide bonds. The van der Waals surface area contributed by atoms with E-state index in [-0.39, 0.29) is 11.3 Å². The monoisotopic (exact) mass is 245 g/mol. The lowest BCUT2D eigenvalue weighted by Gasteiger charge is -2.09. The Hall–Kier alpha value is -2.69. The maximum Gasteiger partial charge on any atom is 0.339 e. The fraction of sp³-hybridized carbons (Fsp3) is 0. The average molecular weight is 245 g/mol. The summed E-state index contributed by atoms with van der Waals surface area (Å²) >= 11 is 0. The highest BCUT2D eigenvalue weighted by atomic mass is 17.2. The molecule has 0 aliphatic carbocycles. The first-order chi connectivity index (χ1) is 8.68. The Morgan fingerprint density at radius 2 is 1.50 bits per heavy atom. The fourth-order valence-corrected chi connectivity index (χ4v) is 1.36. The van der Waals surface area contributed by atoms with E-state index in [1.165, 1.54) is 12.1 Å². The first kappa shape index (κ1) is 11.8. The number of aromatic carboxylic acids is 1. The number of para-hydroxylation sites is 3. The largest absolute Gasteiger partial charge is 0.478 e. The van der Waals surface area contributed by atoms with Gasteiger partial charge in [-0.3, -0.25) is 9.78 Å². The molecule has 0 saturated carbocycles. The van der Waals surface area contributed by atoms with Gasteiger partial charge >= 0.3 is 5.97 Å². The Morgan fingerprint density at radius 3 is 2.17 bits per heavy atom. The Balaban J connectivity index is 2.16. The van der Waals surface area contributed by atoms with Crippen molar-refractivity contribution in [3.63, 3.8) is 0 Å². The number of hydrogen-bond donors (Lipinski definition) is 2. The first-order valence-corrected chi connectivity index (χ1v) is 5.20. The van der Waals surface area contributed by atoms with Gasteiger partial charge in [0, 0.05) is 0 Å². The van der Waals surface area contributed by atoms with Crippen LogP contribution >= 0.6 is 0 Å². The standard InChI is InChI=1S/C13H11NO4/c14-10-6-2-4-8-12(10)18-17-11-7-3-1-5-9(11)13(15)16/h1-8H,14H2,(H,15,16). The average Bonchev–Trinajstić information content (AvgIpc) is 2.38. The molecule has 3 N–H and O–H groups in total. The third-order valence-corrected chi connectivity index (χ3v) is 2.26. The number of carbonyl (C=O) groups is 1. The van der Waals surface area contributed by atoms with Gasteiger partial charge in [0.1, 0.15) is 5.56 Å². The molecule has 0 unspecified atom stereocenters. The summed E-state index contributed by atoms with van der Waals surface area (Å²) in [6.07, 6.45) is 0. The van der Waals surface area contributed by atoms with Gasteiger partial charge in [0.15, 0.2) is 5.75 Å². The summed E-state index contributed by atoms with van der Waals surface area (Å²) in [4.78, 5) is 21.0. The molecule has 0 atom stereocenters. The Bertz CT molecular complexity index is 568. The zero-order valence-electron chi connectivity index (χ0n) is 9.37. The smallest absolute Gasteiger partial charge is 0.339 e. The molecule has 0 heterocycles. The molecule has 92 valence electrons. The Morgan fingerprint density at radius 1 is 0.944 bits per heavy atom. The van der Waals surface area contributed by atoms with E-state index < -0.39 is 5.97 Å². The van der Waals surface area contributed by atoms with E-state index in [1.807, 2.05) is 0 Å². The molecule has 0 radical (unpaired) electrons. The van der Waals surface area contributed by atoms with E-state index in [9.17, 15) is 4.79 Å². The summed E-state index contributed by atoms with van der Waals surface area (Å²) in [5.41, 5.74) is 6.09. The molecule has 0 aliphatic rings. The van der Waals surface area contributed by atoms with Crippen molar-refractivity contribution in [1.29, 1.82) is 0 Å². The number of carboxylic acids is 1. The molecule has 5 heteroatoms.